The van der Waals surface area contributed by atoms with Crippen LogP contribution in [0.5, 0.6) is 0 Å². The summed E-state index contributed by atoms with van der Waals surface area (Å²) in [6, 6.07) is 0.378. The minimum Gasteiger partial charge on any atom is -0.377 e. The summed E-state index contributed by atoms with van der Waals surface area (Å²) < 4.78 is 5.67. The van der Waals surface area contributed by atoms with Crippen molar-refractivity contribution in [1.29, 1.82) is 0 Å². The molecule has 0 spiro atoms. The van der Waals surface area contributed by atoms with E-state index in [2.05, 4.69) is 18.7 Å². The molecule has 1 aliphatic heterocycles. The van der Waals surface area contributed by atoms with E-state index in [0.717, 1.165) is 39.1 Å². The molecular formula is C13H28N2O. The molecule has 1 rings (SSSR count). The van der Waals surface area contributed by atoms with Crippen molar-refractivity contribution in [2.45, 2.75) is 58.1 Å². The van der Waals surface area contributed by atoms with Crippen LogP contribution >= 0.6 is 0 Å². The molecule has 0 amide bonds. The van der Waals surface area contributed by atoms with Gasteiger partial charge in [-0.3, -0.25) is 0 Å². The first-order valence-corrected chi connectivity index (χ1v) is 6.85. The second kappa shape index (κ2) is 8.04. The van der Waals surface area contributed by atoms with Crippen molar-refractivity contribution in [3.05, 3.63) is 0 Å². The summed E-state index contributed by atoms with van der Waals surface area (Å²) in [4.78, 5) is 2.48. The van der Waals surface area contributed by atoms with Crippen LogP contribution in [0, 0.1) is 0 Å². The fourth-order valence-corrected chi connectivity index (χ4v) is 2.32. The molecule has 1 fully saturated rings. The van der Waals surface area contributed by atoms with Gasteiger partial charge in [0, 0.05) is 19.2 Å². The molecule has 0 bridgehead atoms. The maximum absolute atomic E-state index is 6.04. The molecule has 2 atom stereocenters. The van der Waals surface area contributed by atoms with Crippen LogP contribution in [0.2, 0.25) is 0 Å². The largest absolute Gasteiger partial charge is 0.377 e. The second-order valence-corrected chi connectivity index (χ2v) is 4.87. The minimum atomic E-state index is 0.378. The molecule has 0 aliphatic carbocycles. The Bertz CT molecular complexity index is 169. The van der Waals surface area contributed by atoms with Crippen LogP contribution in [0.4, 0.5) is 0 Å². The molecule has 3 heteroatoms. The lowest BCUT2D eigenvalue weighted by Gasteiger charge is -2.24. The minimum absolute atomic E-state index is 0.378. The fraction of sp³-hybridized carbons (Fsp3) is 1.00. The van der Waals surface area contributed by atoms with E-state index in [1.807, 2.05) is 0 Å². The Balaban J connectivity index is 2.15. The van der Waals surface area contributed by atoms with Gasteiger partial charge in [-0.25, -0.2) is 0 Å². The SMILES string of the molecule is CCCC(N)CCN(CC)CC1CCCO1. The fourth-order valence-electron chi connectivity index (χ4n) is 2.32. The Hall–Kier alpha value is -0.120. The van der Waals surface area contributed by atoms with E-state index in [4.69, 9.17) is 10.5 Å². The molecule has 0 aromatic heterocycles. The predicted molar refractivity (Wildman–Crippen MR) is 68.6 cm³/mol. The third-order valence-corrected chi connectivity index (χ3v) is 3.41. The Morgan fingerprint density at radius 2 is 2.19 bits per heavy atom. The monoisotopic (exact) mass is 228 g/mol. The number of rotatable bonds is 8. The Morgan fingerprint density at radius 3 is 2.75 bits per heavy atom. The van der Waals surface area contributed by atoms with Crippen molar-refractivity contribution in [2.75, 3.05) is 26.2 Å². The van der Waals surface area contributed by atoms with E-state index in [1.165, 1.54) is 19.3 Å². The highest BCUT2D eigenvalue weighted by Crippen LogP contribution is 2.13. The first-order chi connectivity index (χ1) is 7.76. The summed E-state index contributed by atoms with van der Waals surface area (Å²) in [6.45, 7) is 8.70. The third kappa shape index (κ3) is 5.28. The molecule has 1 saturated heterocycles. The normalized spacial score (nSPS) is 22.9. The van der Waals surface area contributed by atoms with Crippen LogP contribution in [-0.4, -0.2) is 43.3 Å². The smallest absolute Gasteiger partial charge is 0.0702 e. The molecule has 0 radical (unpaired) electrons. The average molecular weight is 228 g/mol. The van der Waals surface area contributed by atoms with E-state index in [-0.39, 0.29) is 0 Å². The molecule has 0 aromatic rings. The van der Waals surface area contributed by atoms with Crippen molar-refractivity contribution in [3.63, 3.8) is 0 Å². The van der Waals surface area contributed by atoms with Crippen molar-refractivity contribution in [1.82, 2.24) is 4.90 Å². The number of nitrogens with two attached hydrogens (primary N) is 1. The van der Waals surface area contributed by atoms with Gasteiger partial charge in [0.1, 0.15) is 0 Å². The van der Waals surface area contributed by atoms with Crippen molar-refractivity contribution >= 4 is 0 Å². The van der Waals surface area contributed by atoms with E-state index in [1.54, 1.807) is 0 Å². The van der Waals surface area contributed by atoms with Gasteiger partial charge in [-0.1, -0.05) is 20.3 Å². The van der Waals surface area contributed by atoms with E-state index < -0.39 is 0 Å². The summed E-state index contributed by atoms with van der Waals surface area (Å²) in [5.41, 5.74) is 6.04. The van der Waals surface area contributed by atoms with E-state index in [9.17, 15) is 0 Å². The van der Waals surface area contributed by atoms with Gasteiger partial charge in [-0.2, -0.15) is 0 Å². The highest BCUT2D eigenvalue weighted by molar-refractivity contribution is 4.71. The second-order valence-electron chi connectivity index (χ2n) is 4.87. The highest BCUT2D eigenvalue weighted by atomic mass is 16.5. The number of hydrogen-bond donors (Lipinski definition) is 1. The number of ether oxygens (including phenoxy) is 1. The van der Waals surface area contributed by atoms with Gasteiger partial charge in [0.25, 0.3) is 0 Å². The Kier molecular flexibility index (Phi) is 7.01. The van der Waals surface area contributed by atoms with Crippen LogP contribution in [0.1, 0.15) is 46.0 Å². The molecule has 96 valence electrons. The standard InChI is InChI=1S/C13H28N2O/c1-3-6-12(14)8-9-15(4-2)11-13-7-5-10-16-13/h12-13H,3-11,14H2,1-2H3. The molecule has 0 aromatic carbocycles. The van der Waals surface area contributed by atoms with E-state index >= 15 is 0 Å². The zero-order valence-electron chi connectivity index (χ0n) is 11.0. The van der Waals surface area contributed by atoms with Crippen LogP contribution in [-0.2, 0) is 4.74 Å². The number of likely N-dealkylation sites (N-methyl/N-ethyl adjacent to an activating group) is 1. The molecule has 1 aliphatic rings. The molecule has 3 nitrogen and oxygen atoms in total. The summed E-state index contributed by atoms with van der Waals surface area (Å²) in [7, 11) is 0. The van der Waals surface area contributed by atoms with Crippen LogP contribution < -0.4 is 5.73 Å². The van der Waals surface area contributed by atoms with Crippen LogP contribution in [0.3, 0.4) is 0 Å². The van der Waals surface area contributed by atoms with Gasteiger partial charge in [-0.15, -0.1) is 0 Å². The zero-order valence-corrected chi connectivity index (χ0v) is 11.0. The average Bonchev–Trinajstić information content (AvgIpc) is 2.77. The lowest BCUT2D eigenvalue weighted by atomic mass is 10.1. The zero-order chi connectivity index (χ0) is 11.8. The number of nitrogens with zero attached hydrogens (tertiary/aromatic N) is 1. The topological polar surface area (TPSA) is 38.5 Å². The van der Waals surface area contributed by atoms with Crippen LogP contribution in [0.25, 0.3) is 0 Å². The quantitative estimate of drug-likeness (QED) is 0.690. The van der Waals surface area contributed by atoms with Gasteiger partial charge in [0.2, 0.25) is 0 Å². The summed E-state index contributed by atoms with van der Waals surface area (Å²) in [5.74, 6) is 0. The maximum Gasteiger partial charge on any atom is 0.0702 e. The first-order valence-electron chi connectivity index (χ1n) is 6.85. The highest BCUT2D eigenvalue weighted by Gasteiger charge is 2.18. The predicted octanol–water partition coefficient (Wildman–Crippen LogP) is 2.00. The van der Waals surface area contributed by atoms with Crippen molar-refractivity contribution in [3.8, 4) is 0 Å². The van der Waals surface area contributed by atoms with Crippen molar-refractivity contribution < 1.29 is 4.74 Å². The van der Waals surface area contributed by atoms with Crippen molar-refractivity contribution in [2.24, 2.45) is 5.73 Å². The third-order valence-electron chi connectivity index (χ3n) is 3.41. The number of hydrogen-bond acceptors (Lipinski definition) is 3. The van der Waals surface area contributed by atoms with Gasteiger partial charge < -0.3 is 15.4 Å². The molecule has 2 unspecified atom stereocenters. The van der Waals surface area contributed by atoms with Crippen LogP contribution in [0.15, 0.2) is 0 Å². The molecular weight excluding hydrogens is 200 g/mol. The molecule has 16 heavy (non-hydrogen) atoms. The van der Waals surface area contributed by atoms with Gasteiger partial charge in [-0.05, 0) is 38.8 Å². The molecule has 0 saturated carbocycles. The maximum atomic E-state index is 6.04. The summed E-state index contributed by atoms with van der Waals surface area (Å²) in [5, 5.41) is 0. The summed E-state index contributed by atoms with van der Waals surface area (Å²) in [6.07, 6.45) is 6.40. The van der Waals surface area contributed by atoms with E-state index in [0.29, 0.717) is 12.1 Å². The Labute approximate surface area is 100 Å². The lowest BCUT2D eigenvalue weighted by molar-refractivity contribution is 0.0738. The Morgan fingerprint density at radius 1 is 1.38 bits per heavy atom. The lowest BCUT2D eigenvalue weighted by Crippen LogP contribution is -2.35. The van der Waals surface area contributed by atoms with Gasteiger partial charge >= 0.3 is 0 Å². The molecule has 2 N–H and O–H groups in total. The van der Waals surface area contributed by atoms with Gasteiger partial charge in [0.05, 0.1) is 6.10 Å². The molecule has 1 heterocycles. The van der Waals surface area contributed by atoms with Gasteiger partial charge in [0.15, 0.2) is 0 Å². The first kappa shape index (κ1) is 13.9. The summed E-state index contributed by atoms with van der Waals surface area (Å²) >= 11 is 0.